The van der Waals surface area contributed by atoms with Crippen LogP contribution in [0.5, 0.6) is 0 Å². The van der Waals surface area contributed by atoms with Crippen LogP contribution in [0.15, 0.2) is 65.8 Å². The number of terminal acetylenes is 1. The third kappa shape index (κ3) is 7.11. The molecule has 0 bridgehead atoms. The average molecular weight is 449 g/mol. The van der Waals surface area contributed by atoms with Crippen LogP contribution in [0.4, 0.5) is 10.5 Å². The molecule has 1 aromatic rings. The predicted octanol–water partition coefficient (Wildman–Crippen LogP) is 4.10. The number of para-hydroxylation sites is 1. The highest BCUT2D eigenvalue weighted by Crippen LogP contribution is 2.23. The Hall–Kier alpha value is -3.79. The third-order valence-electron chi connectivity index (χ3n) is 5.43. The van der Waals surface area contributed by atoms with Crippen LogP contribution in [0.2, 0.25) is 0 Å². The van der Waals surface area contributed by atoms with Crippen molar-refractivity contribution in [3.63, 3.8) is 0 Å². The minimum atomic E-state index is -0.399. The van der Waals surface area contributed by atoms with Crippen molar-refractivity contribution in [2.75, 3.05) is 38.3 Å². The first kappa shape index (κ1) is 25.5. The molecule has 1 aliphatic rings. The summed E-state index contributed by atoms with van der Waals surface area (Å²) in [5, 5.41) is 5.91. The van der Waals surface area contributed by atoms with Gasteiger partial charge < -0.3 is 14.5 Å². The molecule has 7 nitrogen and oxygen atoms in total. The van der Waals surface area contributed by atoms with Gasteiger partial charge in [-0.1, -0.05) is 30.7 Å². The van der Waals surface area contributed by atoms with E-state index in [4.69, 9.17) is 11.2 Å². The van der Waals surface area contributed by atoms with E-state index in [1.807, 2.05) is 43.0 Å². The number of hydrogen-bond acceptors (Lipinski definition) is 5. The Bertz CT molecular complexity index is 974. The largest absolute Gasteiger partial charge is 0.445 e. The number of benzene rings is 1. The molecule has 1 saturated heterocycles. The molecule has 0 unspecified atom stereocenters. The van der Waals surface area contributed by atoms with Crippen molar-refractivity contribution >= 4 is 23.9 Å². The van der Waals surface area contributed by atoms with E-state index in [1.54, 1.807) is 47.5 Å². The van der Waals surface area contributed by atoms with Gasteiger partial charge in [0.1, 0.15) is 6.61 Å². The average Bonchev–Trinajstić information content (AvgIpc) is 3.03. The van der Waals surface area contributed by atoms with E-state index in [1.165, 1.54) is 0 Å². The summed E-state index contributed by atoms with van der Waals surface area (Å²) in [6.07, 6.45) is 13.8. The zero-order valence-electron chi connectivity index (χ0n) is 19.6. The van der Waals surface area contributed by atoms with Crippen molar-refractivity contribution in [1.82, 2.24) is 9.80 Å². The zero-order chi connectivity index (χ0) is 24.2. The Morgan fingerprint density at radius 1 is 1.33 bits per heavy atom. The molecule has 174 valence electrons. The van der Waals surface area contributed by atoms with Crippen LogP contribution in [0.25, 0.3) is 0 Å². The molecule has 2 rings (SSSR count). The van der Waals surface area contributed by atoms with E-state index in [0.717, 1.165) is 5.57 Å². The normalized spacial score (nSPS) is 17.0. The van der Waals surface area contributed by atoms with E-state index in [2.05, 4.69) is 17.6 Å². The summed E-state index contributed by atoms with van der Waals surface area (Å²) < 4.78 is 5.46. The molecular formula is C26H32N4O3. The fourth-order valence-corrected chi connectivity index (χ4v) is 3.46. The molecule has 2 amide bonds. The second kappa shape index (κ2) is 12.9. The first-order chi connectivity index (χ1) is 15.9. The second-order valence-corrected chi connectivity index (χ2v) is 7.58. The van der Waals surface area contributed by atoms with Crippen molar-refractivity contribution in [2.45, 2.75) is 26.3 Å². The van der Waals surface area contributed by atoms with Gasteiger partial charge in [-0.05, 0) is 56.2 Å². The highest BCUT2D eigenvalue weighted by molar-refractivity contribution is 6.00. The molecule has 33 heavy (non-hydrogen) atoms. The predicted molar refractivity (Wildman–Crippen MR) is 133 cm³/mol. The number of ether oxygens (including phenoxy) is 1. The summed E-state index contributed by atoms with van der Waals surface area (Å²) in [7, 11) is 1.79. The van der Waals surface area contributed by atoms with Gasteiger partial charge in [0.05, 0.1) is 11.3 Å². The lowest BCUT2D eigenvalue weighted by atomic mass is 10.1. The van der Waals surface area contributed by atoms with Crippen LogP contribution in [-0.2, 0) is 4.74 Å². The minimum Gasteiger partial charge on any atom is -0.445 e. The van der Waals surface area contributed by atoms with Gasteiger partial charge in [0.25, 0.3) is 5.91 Å². The summed E-state index contributed by atoms with van der Waals surface area (Å²) in [5.74, 6) is 2.33. The quantitative estimate of drug-likeness (QED) is 0.273. The molecule has 0 saturated carbocycles. The first-order valence-corrected chi connectivity index (χ1v) is 10.9. The van der Waals surface area contributed by atoms with E-state index >= 15 is 0 Å². The standard InChI is InChI=1S/C26H32N4O3/c1-6-9-12-22(8-3)20-33-26(32)29-17-15-21(4)30(19-18-29)25(31)23-13-10-11-14-24(23)28(5)27-16-7-2/h1,7-14,16,21H,2,15,17-20H2,3-5H3/b12-9-,22-8+,27-16-/t21-/m1/s1. The van der Waals surface area contributed by atoms with Crippen molar-refractivity contribution in [2.24, 2.45) is 5.10 Å². The van der Waals surface area contributed by atoms with E-state index < -0.39 is 6.09 Å². The van der Waals surface area contributed by atoms with Crippen molar-refractivity contribution in [3.8, 4) is 12.3 Å². The van der Waals surface area contributed by atoms with E-state index in [9.17, 15) is 9.59 Å². The van der Waals surface area contributed by atoms with Gasteiger partial charge in [-0.15, -0.1) is 6.42 Å². The lowest BCUT2D eigenvalue weighted by Gasteiger charge is -2.28. The molecule has 1 aliphatic heterocycles. The van der Waals surface area contributed by atoms with Crippen LogP contribution in [0.1, 0.15) is 30.6 Å². The fraction of sp³-hybridized carbons (Fsp3) is 0.346. The highest BCUT2D eigenvalue weighted by Gasteiger charge is 2.29. The van der Waals surface area contributed by atoms with Crippen molar-refractivity contribution in [1.29, 1.82) is 0 Å². The Labute approximate surface area is 196 Å². The maximum Gasteiger partial charge on any atom is 0.410 e. The van der Waals surface area contributed by atoms with Crippen LogP contribution in [0, 0.1) is 12.3 Å². The first-order valence-electron chi connectivity index (χ1n) is 10.9. The molecule has 0 radical (unpaired) electrons. The maximum atomic E-state index is 13.5. The molecule has 0 aliphatic carbocycles. The van der Waals surface area contributed by atoms with Gasteiger partial charge >= 0.3 is 6.09 Å². The number of carbonyl (C=O) groups excluding carboxylic acids is 2. The number of anilines is 1. The van der Waals surface area contributed by atoms with Crippen molar-refractivity contribution in [3.05, 3.63) is 66.3 Å². The smallest absolute Gasteiger partial charge is 0.410 e. The summed E-state index contributed by atoms with van der Waals surface area (Å²) in [5.41, 5.74) is 2.08. The molecule has 0 N–H and O–H groups in total. The summed E-state index contributed by atoms with van der Waals surface area (Å²) >= 11 is 0. The van der Waals surface area contributed by atoms with Crippen molar-refractivity contribution < 1.29 is 14.3 Å². The number of hydrazone groups is 1. The Kier molecular flexibility index (Phi) is 9.97. The third-order valence-corrected chi connectivity index (χ3v) is 5.43. The molecule has 0 spiro atoms. The number of rotatable bonds is 7. The lowest BCUT2D eigenvalue weighted by Crippen LogP contribution is -2.41. The summed E-state index contributed by atoms with van der Waals surface area (Å²) in [6.45, 7) is 8.96. The number of allylic oxidation sites excluding steroid dienone is 3. The van der Waals surface area contributed by atoms with Gasteiger partial charge in [0.15, 0.2) is 0 Å². The van der Waals surface area contributed by atoms with Crippen LogP contribution in [-0.4, -0.2) is 67.3 Å². The number of hydrogen-bond donors (Lipinski definition) is 0. The van der Waals surface area contributed by atoms with Crippen LogP contribution in [0.3, 0.4) is 0 Å². The zero-order valence-corrected chi connectivity index (χ0v) is 19.6. The summed E-state index contributed by atoms with van der Waals surface area (Å²) in [6, 6.07) is 7.32. The van der Waals surface area contributed by atoms with Gasteiger partial charge in [-0.25, -0.2) is 4.79 Å². The number of amides is 2. The Morgan fingerprint density at radius 3 is 2.79 bits per heavy atom. The fourth-order valence-electron chi connectivity index (χ4n) is 3.46. The van der Waals surface area contributed by atoms with Gasteiger partial charge in [0, 0.05) is 38.9 Å². The lowest BCUT2D eigenvalue weighted by molar-refractivity contribution is 0.0697. The molecule has 0 aromatic heterocycles. The monoisotopic (exact) mass is 448 g/mol. The van der Waals surface area contributed by atoms with E-state index in [0.29, 0.717) is 37.3 Å². The molecule has 7 heteroatoms. The highest BCUT2D eigenvalue weighted by atomic mass is 16.6. The molecule has 1 atom stereocenters. The molecule has 1 heterocycles. The number of nitrogens with zero attached hydrogens (tertiary/aromatic N) is 4. The topological polar surface area (TPSA) is 65.5 Å². The maximum absolute atomic E-state index is 13.5. The Balaban J connectivity index is 2.09. The molecular weight excluding hydrogens is 416 g/mol. The molecule has 1 fully saturated rings. The second-order valence-electron chi connectivity index (χ2n) is 7.58. The minimum absolute atomic E-state index is 0.0324. The Morgan fingerprint density at radius 2 is 2.09 bits per heavy atom. The van der Waals surface area contributed by atoms with Crippen LogP contribution >= 0.6 is 0 Å². The number of carbonyl (C=O) groups is 2. The summed E-state index contributed by atoms with van der Waals surface area (Å²) in [4.78, 5) is 29.5. The SMILES string of the molecule is C#C/C=C\C(=C/C)COC(=O)N1CC[C@@H](C)N(C(=O)c2ccccc2N(C)/N=C\C=C)CC1. The van der Waals surface area contributed by atoms with Gasteiger partial charge in [-0.3, -0.25) is 9.80 Å². The van der Waals surface area contributed by atoms with Gasteiger partial charge in [0.2, 0.25) is 0 Å². The van der Waals surface area contributed by atoms with Crippen LogP contribution < -0.4 is 5.01 Å². The van der Waals surface area contributed by atoms with E-state index in [-0.39, 0.29) is 18.6 Å². The molecule has 1 aromatic carbocycles. The van der Waals surface area contributed by atoms with Gasteiger partial charge in [-0.2, -0.15) is 5.10 Å².